The minimum atomic E-state index is -0.274. The van der Waals surface area contributed by atoms with Crippen LogP contribution in [-0.2, 0) is 13.1 Å². The Morgan fingerprint density at radius 2 is 1.83 bits per heavy atom. The Labute approximate surface area is 175 Å². The van der Waals surface area contributed by atoms with Crippen LogP contribution < -0.4 is 5.32 Å². The number of amides is 1. The van der Waals surface area contributed by atoms with Gasteiger partial charge in [0.05, 0.1) is 23.8 Å². The van der Waals surface area contributed by atoms with Crippen molar-refractivity contribution < 1.29 is 9.18 Å². The van der Waals surface area contributed by atoms with E-state index in [2.05, 4.69) is 31.4 Å². The van der Waals surface area contributed by atoms with Gasteiger partial charge in [-0.3, -0.25) is 14.2 Å². The highest BCUT2D eigenvalue weighted by molar-refractivity contribution is 9.10. The van der Waals surface area contributed by atoms with Gasteiger partial charge in [-0.1, -0.05) is 24.3 Å². The van der Waals surface area contributed by atoms with Gasteiger partial charge in [0, 0.05) is 24.0 Å². The summed E-state index contributed by atoms with van der Waals surface area (Å²) in [5, 5.41) is 11.4. The van der Waals surface area contributed by atoms with Gasteiger partial charge < -0.3 is 5.32 Å². The molecule has 4 aromatic rings. The minimum absolute atomic E-state index is 0.236. The van der Waals surface area contributed by atoms with Crippen molar-refractivity contribution in [3.05, 3.63) is 100 Å². The number of nitrogens with one attached hydrogen (secondary N) is 1. The van der Waals surface area contributed by atoms with Crippen molar-refractivity contribution in [3.63, 3.8) is 0 Å². The molecule has 29 heavy (non-hydrogen) atoms. The fraction of sp³-hybridized carbons (Fsp3) is 0.0952. The normalized spacial score (nSPS) is 10.8. The topological polar surface area (TPSA) is 64.7 Å². The molecule has 0 bridgehead atoms. The van der Waals surface area contributed by atoms with Crippen LogP contribution in [0.25, 0.3) is 0 Å². The number of nitrogens with zero attached hydrogens (tertiary/aromatic N) is 4. The molecule has 0 aliphatic heterocycles. The number of carbonyl (C=O) groups is 1. The molecule has 1 N–H and O–H groups in total. The van der Waals surface area contributed by atoms with Gasteiger partial charge >= 0.3 is 0 Å². The van der Waals surface area contributed by atoms with Crippen molar-refractivity contribution in [1.82, 2.24) is 19.6 Å². The van der Waals surface area contributed by atoms with Crippen molar-refractivity contribution in [2.45, 2.75) is 13.1 Å². The second-order valence-corrected chi connectivity index (χ2v) is 7.45. The second-order valence-electron chi connectivity index (χ2n) is 6.54. The zero-order chi connectivity index (χ0) is 20.2. The SMILES string of the molecule is O=C(Nc1ccn(Cc2ccc(F)cc2)n1)c1cccc(Cn2cc(Br)cn2)c1. The Kier molecular flexibility index (Phi) is 5.53. The summed E-state index contributed by atoms with van der Waals surface area (Å²) in [5.41, 5.74) is 2.43. The molecule has 4 rings (SSSR count). The van der Waals surface area contributed by atoms with Crippen molar-refractivity contribution >= 4 is 27.7 Å². The van der Waals surface area contributed by atoms with Crippen LogP contribution in [0.1, 0.15) is 21.5 Å². The molecule has 2 aromatic carbocycles. The van der Waals surface area contributed by atoms with Crippen LogP contribution in [0.5, 0.6) is 0 Å². The first kappa shape index (κ1) is 19.1. The summed E-state index contributed by atoms with van der Waals surface area (Å²) in [6.45, 7) is 1.06. The third-order valence-electron chi connectivity index (χ3n) is 4.28. The maximum Gasteiger partial charge on any atom is 0.256 e. The summed E-state index contributed by atoms with van der Waals surface area (Å²) >= 11 is 3.37. The minimum Gasteiger partial charge on any atom is -0.305 e. The maximum atomic E-state index is 13.0. The van der Waals surface area contributed by atoms with Gasteiger partial charge in [0.2, 0.25) is 0 Å². The van der Waals surface area contributed by atoms with Gasteiger partial charge in [-0.2, -0.15) is 10.2 Å². The Morgan fingerprint density at radius 3 is 2.59 bits per heavy atom. The smallest absolute Gasteiger partial charge is 0.256 e. The largest absolute Gasteiger partial charge is 0.305 e. The van der Waals surface area contributed by atoms with Gasteiger partial charge in [0.1, 0.15) is 5.82 Å². The Morgan fingerprint density at radius 1 is 1.03 bits per heavy atom. The van der Waals surface area contributed by atoms with E-state index in [1.165, 1.54) is 12.1 Å². The fourth-order valence-corrected chi connectivity index (χ4v) is 3.23. The zero-order valence-corrected chi connectivity index (χ0v) is 16.9. The molecule has 146 valence electrons. The van der Waals surface area contributed by atoms with Gasteiger partial charge in [-0.25, -0.2) is 4.39 Å². The molecule has 0 saturated heterocycles. The predicted octanol–water partition coefficient (Wildman–Crippen LogP) is 4.33. The quantitative estimate of drug-likeness (QED) is 0.472. The molecule has 0 fully saturated rings. The number of aromatic nitrogens is 4. The van der Waals surface area contributed by atoms with Crippen LogP contribution in [0.4, 0.5) is 10.2 Å². The molecule has 0 saturated carbocycles. The Hall–Kier alpha value is -3.26. The summed E-state index contributed by atoms with van der Waals surface area (Å²) in [6.07, 6.45) is 5.37. The van der Waals surface area contributed by atoms with Gasteiger partial charge in [-0.05, 0) is 51.3 Å². The van der Waals surface area contributed by atoms with E-state index in [0.717, 1.165) is 15.6 Å². The molecule has 1 amide bonds. The van der Waals surface area contributed by atoms with Crippen LogP contribution in [0, 0.1) is 5.82 Å². The fourth-order valence-electron chi connectivity index (χ4n) is 2.90. The molecule has 0 aliphatic carbocycles. The molecule has 8 heteroatoms. The highest BCUT2D eigenvalue weighted by Gasteiger charge is 2.09. The lowest BCUT2D eigenvalue weighted by molar-refractivity contribution is 0.102. The van der Waals surface area contributed by atoms with Gasteiger partial charge in [-0.15, -0.1) is 0 Å². The average molecular weight is 454 g/mol. The van der Waals surface area contributed by atoms with Crippen LogP contribution in [-0.4, -0.2) is 25.5 Å². The van der Waals surface area contributed by atoms with Crippen molar-refractivity contribution in [2.24, 2.45) is 0 Å². The Balaban J connectivity index is 1.41. The standard InChI is InChI=1S/C21H17BrFN5O/c22-18-11-24-28(14-18)13-16-2-1-3-17(10-16)21(29)25-20-8-9-27(26-20)12-15-4-6-19(23)7-5-15/h1-11,14H,12-13H2,(H,25,26,29). The first-order valence-corrected chi connectivity index (χ1v) is 9.70. The summed E-state index contributed by atoms with van der Waals surface area (Å²) in [7, 11) is 0. The summed E-state index contributed by atoms with van der Waals surface area (Å²) < 4.78 is 17.4. The average Bonchev–Trinajstić information content (AvgIpc) is 3.32. The van der Waals surface area contributed by atoms with Crippen molar-refractivity contribution in [1.29, 1.82) is 0 Å². The number of rotatable bonds is 6. The van der Waals surface area contributed by atoms with E-state index in [-0.39, 0.29) is 11.7 Å². The summed E-state index contributed by atoms with van der Waals surface area (Å²) in [6, 6.07) is 15.4. The molecular formula is C21H17BrFN5O. The highest BCUT2D eigenvalue weighted by atomic mass is 79.9. The molecular weight excluding hydrogens is 437 g/mol. The molecule has 0 radical (unpaired) electrons. The van der Waals surface area contributed by atoms with E-state index in [0.29, 0.717) is 24.5 Å². The first-order valence-electron chi connectivity index (χ1n) is 8.91. The van der Waals surface area contributed by atoms with Gasteiger partial charge in [0.15, 0.2) is 5.82 Å². The second kappa shape index (κ2) is 8.40. The lowest BCUT2D eigenvalue weighted by Gasteiger charge is -2.06. The van der Waals surface area contributed by atoms with Crippen LogP contribution in [0.2, 0.25) is 0 Å². The van der Waals surface area contributed by atoms with E-state index in [1.807, 2.05) is 24.4 Å². The molecule has 2 heterocycles. The summed E-state index contributed by atoms with van der Waals surface area (Å²) in [5.74, 6) is -0.0522. The van der Waals surface area contributed by atoms with Gasteiger partial charge in [0.25, 0.3) is 5.91 Å². The number of benzene rings is 2. The summed E-state index contributed by atoms with van der Waals surface area (Å²) in [4.78, 5) is 12.6. The molecule has 0 spiro atoms. The number of carbonyl (C=O) groups excluding carboxylic acids is 1. The molecule has 6 nitrogen and oxygen atoms in total. The lowest BCUT2D eigenvalue weighted by Crippen LogP contribution is -2.13. The predicted molar refractivity (Wildman–Crippen MR) is 111 cm³/mol. The number of halogens is 2. The monoisotopic (exact) mass is 453 g/mol. The van der Waals surface area contributed by atoms with Crippen LogP contribution in [0.3, 0.4) is 0 Å². The van der Waals surface area contributed by atoms with E-state index in [1.54, 1.807) is 46.0 Å². The number of hydrogen-bond donors (Lipinski definition) is 1. The van der Waals surface area contributed by atoms with E-state index >= 15 is 0 Å². The number of anilines is 1. The van der Waals surface area contributed by atoms with Crippen LogP contribution >= 0.6 is 15.9 Å². The Bertz CT molecular complexity index is 1140. The van der Waals surface area contributed by atoms with Crippen LogP contribution in [0.15, 0.2) is 77.7 Å². The molecule has 0 atom stereocenters. The first-order chi connectivity index (χ1) is 14.0. The molecule has 0 aliphatic rings. The van der Waals surface area contributed by atoms with Crippen molar-refractivity contribution in [2.75, 3.05) is 5.32 Å². The maximum absolute atomic E-state index is 13.0. The zero-order valence-electron chi connectivity index (χ0n) is 15.3. The van der Waals surface area contributed by atoms with E-state index in [4.69, 9.17) is 0 Å². The van der Waals surface area contributed by atoms with E-state index < -0.39 is 0 Å². The molecule has 0 unspecified atom stereocenters. The van der Waals surface area contributed by atoms with E-state index in [9.17, 15) is 9.18 Å². The highest BCUT2D eigenvalue weighted by Crippen LogP contribution is 2.13. The third kappa shape index (κ3) is 4.97. The number of hydrogen-bond acceptors (Lipinski definition) is 3. The third-order valence-corrected chi connectivity index (χ3v) is 4.69. The lowest BCUT2D eigenvalue weighted by atomic mass is 10.1. The molecule has 2 aromatic heterocycles. The van der Waals surface area contributed by atoms with Crippen molar-refractivity contribution in [3.8, 4) is 0 Å².